The van der Waals surface area contributed by atoms with Crippen LogP contribution in [0.5, 0.6) is 0 Å². The number of anilines is 1. The highest BCUT2D eigenvalue weighted by Gasteiger charge is 2.24. The van der Waals surface area contributed by atoms with Gasteiger partial charge in [-0.1, -0.05) is 23.4 Å². The van der Waals surface area contributed by atoms with Crippen LogP contribution in [-0.4, -0.2) is 37.2 Å². The average molecular weight is 234 g/mol. The SMILES string of the molecule is COCC(C)N1CCC(=NO)c2ccccc21. The van der Waals surface area contributed by atoms with Gasteiger partial charge in [-0.2, -0.15) is 0 Å². The lowest BCUT2D eigenvalue weighted by Gasteiger charge is -2.36. The van der Waals surface area contributed by atoms with Gasteiger partial charge in [-0.3, -0.25) is 0 Å². The van der Waals surface area contributed by atoms with Gasteiger partial charge in [0.15, 0.2) is 0 Å². The number of benzene rings is 1. The van der Waals surface area contributed by atoms with Gasteiger partial charge in [-0.15, -0.1) is 0 Å². The van der Waals surface area contributed by atoms with Crippen molar-refractivity contribution < 1.29 is 9.94 Å². The van der Waals surface area contributed by atoms with Crippen LogP contribution in [0.1, 0.15) is 18.9 Å². The van der Waals surface area contributed by atoms with E-state index in [9.17, 15) is 0 Å². The second-order valence-corrected chi connectivity index (χ2v) is 4.31. The maximum absolute atomic E-state index is 9.01. The second kappa shape index (κ2) is 5.19. The molecule has 0 fully saturated rings. The Balaban J connectivity index is 2.34. The minimum absolute atomic E-state index is 0.321. The molecule has 1 heterocycles. The van der Waals surface area contributed by atoms with Crippen molar-refractivity contribution in [2.75, 3.05) is 25.2 Å². The first-order valence-corrected chi connectivity index (χ1v) is 5.84. The number of rotatable bonds is 3. The third kappa shape index (κ3) is 2.26. The van der Waals surface area contributed by atoms with Crippen LogP contribution in [-0.2, 0) is 4.74 Å². The molecule has 0 bridgehead atoms. The highest BCUT2D eigenvalue weighted by atomic mass is 16.5. The van der Waals surface area contributed by atoms with Crippen LogP contribution in [0.25, 0.3) is 0 Å². The third-order valence-corrected chi connectivity index (χ3v) is 3.17. The van der Waals surface area contributed by atoms with Crippen molar-refractivity contribution in [1.29, 1.82) is 0 Å². The molecule has 1 aromatic carbocycles. The zero-order valence-electron chi connectivity index (χ0n) is 10.3. The third-order valence-electron chi connectivity index (χ3n) is 3.17. The second-order valence-electron chi connectivity index (χ2n) is 4.31. The van der Waals surface area contributed by atoms with Crippen LogP contribution in [0.4, 0.5) is 5.69 Å². The molecule has 0 aromatic heterocycles. The van der Waals surface area contributed by atoms with Gasteiger partial charge in [0.2, 0.25) is 0 Å². The number of methoxy groups -OCH3 is 1. The Kier molecular flexibility index (Phi) is 3.64. The summed E-state index contributed by atoms with van der Waals surface area (Å²) in [4.78, 5) is 2.30. The number of oxime groups is 1. The fraction of sp³-hybridized carbons (Fsp3) is 0.462. The molecule has 4 nitrogen and oxygen atoms in total. The summed E-state index contributed by atoms with van der Waals surface area (Å²) in [7, 11) is 1.72. The van der Waals surface area contributed by atoms with E-state index in [0.717, 1.165) is 29.9 Å². The number of hydrogen-bond acceptors (Lipinski definition) is 4. The molecule has 0 amide bonds. The van der Waals surface area contributed by atoms with Crippen molar-refractivity contribution in [2.45, 2.75) is 19.4 Å². The van der Waals surface area contributed by atoms with Crippen molar-refractivity contribution in [3.05, 3.63) is 29.8 Å². The summed E-state index contributed by atoms with van der Waals surface area (Å²) < 4.78 is 5.20. The van der Waals surface area contributed by atoms with Gasteiger partial charge in [0.1, 0.15) is 0 Å². The van der Waals surface area contributed by atoms with E-state index < -0.39 is 0 Å². The zero-order valence-corrected chi connectivity index (χ0v) is 10.3. The minimum Gasteiger partial charge on any atom is -0.411 e. The molecule has 2 rings (SSSR count). The Hall–Kier alpha value is -1.55. The summed E-state index contributed by atoms with van der Waals surface area (Å²) in [5, 5.41) is 12.4. The standard InChI is InChI=1S/C13H18N2O2/c1-10(9-17-2)15-8-7-12(14-16)11-5-3-4-6-13(11)15/h3-6,10,16H,7-9H2,1-2H3. The van der Waals surface area contributed by atoms with E-state index in [1.165, 1.54) is 0 Å². The van der Waals surface area contributed by atoms with Gasteiger partial charge in [0, 0.05) is 37.4 Å². The van der Waals surface area contributed by atoms with Crippen LogP contribution < -0.4 is 4.90 Å². The van der Waals surface area contributed by atoms with Gasteiger partial charge in [-0.05, 0) is 13.0 Å². The quantitative estimate of drug-likeness (QED) is 0.643. The average Bonchev–Trinajstić information content (AvgIpc) is 2.37. The van der Waals surface area contributed by atoms with E-state index >= 15 is 0 Å². The smallest absolute Gasteiger partial charge is 0.0906 e. The minimum atomic E-state index is 0.321. The molecule has 1 aromatic rings. The van der Waals surface area contributed by atoms with Gasteiger partial charge in [0.05, 0.1) is 12.3 Å². The summed E-state index contributed by atoms with van der Waals surface area (Å²) in [5.41, 5.74) is 2.90. The number of fused-ring (bicyclic) bond motifs is 1. The van der Waals surface area contributed by atoms with Crippen LogP contribution in [0.15, 0.2) is 29.4 Å². The molecule has 1 unspecified atom stereocenters. The lowest BCUT2D eigenvalue weighted by Crippen LogP contribution is -2.41. The van der Waals surface area contributed by atoms with E-state index in [4.69, 9.17) is 9.94 Å². The maximum atomic E-state index is 9.01. The summed E-state index contributed by atoms with van der Waals surface area (Å²) in [6.07, 6.45) is 0.765. The lowest BCUT2D eigenvalue weighted by molar-refractivity contribution is 0.181. The maximum Gasteiger partial charge on any atom is 0.0906 e. The molecule has 92 valence electrons. The largest absolute Gasteiger partial charge is 0.411 e. The summed E-state index contributed by atoms with van der Waals surface area (Å²) in [5.74, 6) is 0. The van der Waals surface area contributed by atoms with Gasteiger partial charge in [-0.25, -0.2) is 0 Å². The molecule has 0 aliphatic carbocycles. The van der Waals surface area contributed by atoms with E-state index in [1.54, 1.807) is 7.11 Å². The molecule has 17 heavy (non-hydrogen) atoms. The van der Waals surface area contributed by atoms with Crippen molar-refractivity contribution in [3.8, 4) is 0 Å². The van der Waals surface area contributed by atoms with E-state index in [2.05, 4.69) is 23.0 Å². The van der Waals surface area contributed by atoms with Crippen LogP contribution in [0.3, 0.4) is 0 Å². The Bertz CT molecular complexity index is 418. The molecule has 0 spiro atoms. The molecular formula is C13H18N2O2. The van der Waals surface area contributed by atoms with E-state index in [1.807, 2.05) is 18.2 Å². The fourth-order valence-corrected chi connectivity index (χ4v) is 2.34. The van der Waals surface area contributed by atoms with Gasteiger partial charge < -0.3 is 14.8 Å². The van der Waals surface area contributed by atoms with E-state index in [-0.39, 0.29) is 0 Å². The molecule has 1 N–H and O–H groups in total. The monoisotopic (exact) mass is 234 g/mol. The topological polar surface area (TPSA) is 45.1 Å². The van der Waals surface area contributed by atoms with Crippen LogP contribution in [0, 0.1) is 0 Å². The molecule has 1 aliphatic rings. The first-order valence-electron chi connectivity index (χ1n) is 5.84. The van der Waals surface area contributed by atoms with E-state index in [0.29, 0.717) is 12.6 Å². The molecule has 0 saturated heterocycles. The number of nitrogens with zero attached hydrogens (tertiary/aromatic N) is 2. The summed E-state index contributed by atoms with van der Waals surface area (Å²) in [6.45, 7) is 3.70. The predicted molar refractivity (Wildman–Crippen MR) is 68.1 cm³/mol. The molecular weight excluding hydrogens is 216 g/mol. The Morgan fingerprint density at radius 3 is 2.94 bits per heavy atom. The first kappa shape index (κ1) is 11.9. The summed E-state index contributed by atoms with van der Waals surface area (Å²) in [6, 6.07) is 8.35. The predicted octanol–water partition coefficient (Wildman–Crippen LogP) is 2.11. The van der Waals surface area contributed by atoms with Crippen molar-refractivity contribution in [2.24, 2.45) is 5.16 Å². The highest BCUT2D eigenvalue weighted by Crippen LogP contribution is 2.28. The number of para-hydroxylation sites is 1. The first-order chi connectivity index (χ1) is 8.27. The van der Waals surface area contributed by atoms with Gasteiger partial charge in [0.25, 0.3) is 0 Å². The Morgan fingerprint density at radius 1 is 1.47 bits per heavy atom. The molecule has 0 saturated carbocycles. The Morgan fingerprint density at radius 2 is 2.24 bits per heavy atom. The Labute approximate surface area is 101 Å². The van der Waals surface area contributed by atoms with Crippen LogP contribution >= 0.6 is 0 Å². The van der Waals surface area contributed by atoms with Crippen molar-refractivity contribution in [1.82, 2.24) is 0 Å². The molecule has 1 atom stereocenters. The number of hydrogen-bond donors (Lipinski definition) is 1. The molecule has 0 radical (unpaired) electrons. The molecule has 1 aliphatic heterocycles. The normalized spacial score (nSPS) is 19.2. The number of ether oxygens (including phenoxy) is 1. The lowest BCUT2D eigenvalue weighted by atomic mass is 9.98. The van der Waals surface area contributed by atoms with Crippen molar-refractivity contribution in [3.63, 3.8) is 0 Å². The highest BCUT2D eigenvalue weighted by molar-refractivity contribution is 6.06. The summed E-state index contributed by atoms with van der Waals surface area (Å²) >= 11 is 0. The van der Waals surface area contributed by atoms with Gasteiger partial charge >= 0.3 is 0 Å². The zero-order chi connectivity index (χ0) is 12.3. The van der Waals surface area contributed by atoms with Crippen molar-refractivity contribution >= 4 is 11.4 Å². The van der Waals surface area contributed by atoms with Crippen LogP contribution in [0.2, 0.25) is 0 Å². The fourth-order valence-electron chi connectivity index (χ4n) is 2.34. The molecule has 4 heteroatoms.